The van der Waals surface area contributed by atoms with Crippen LogP contribution in [-0.4, -0.2) is 31.1 Å². The standard InChI is InChI=1S/C26H29N3O2/c1-5-13-25(14-6-2)20-9-7-8-10-22(20)29(3)26(25)17-28-21-12-11-18-15-23(30-4)27-16-19(18)24(21)31-26/h7-12,15-17H,5-6,13-14H2,1-4H3. The van der Waals surface area contributed by atoms with E-state index in [1.54, 1.807) is 7.11 Å². The molecule has 3 aromatic rings. The number of nitrogens with zero attached hydrogens (tertiary/aromatic N) is 3. The first kappa shape index (κ1) is 19.9. The van der Waals surface area contributed by atoms with E-state index < -0.39 is 5.72 Å². The topological polar surface area (TPSA) is 47.0 Å². The van der Waals surface area contributed by atoms with Crippen molar-refractivity contribution in [3.63, 3.8) is 0 Å². The number of aromatic nitrogens is 1. The van der Waals surface area contributed by atoms with Crippen molar-refractivity contribution < 1.29 is 9.47 Å². The van der Waals surface area contributed by atoms with E-state index in [1.807, 2.05) is 24.5 Å². The molecule has 5 rings (SSSR count). The molecule has 2 aliphatic rings. The minimum absolute atomic E-state index is 0.175. The minimum atomic E-state index is -0.677. The second-order valence-corrected chi connectivity index (χ2v) is 8.58. The molecule has 0 N–H and O–H groups in total. The molecule has 160 valence electrons. The number of fused-ring (bicyclic) bond motifs is 4. The minimum Gasteiger partial charge on any atom is -0.481 e. The maximum Gasteiger partial charge on any atom is 0.229 e. The quantitative estimate of drug-likeness (QED) is 0.511. The van der Waals surface area contributed by atoms with Gasteiger partial charge in [0.1, 0.15) is 5.69 Å². The average molecular weight is 416 g/mol. The summed E-state index contributed by atoms with van der Waals surface area (Å²) in [5.41, 5.74) is 2.57. The summed E-state index contributed by atoms with van der Waals surface area (Å²) in [5, 5.41) is 1.99. The van der Waals surface area contributed by atoms with Crippen LogP contribution in [0.3, 0.4) is 0 Å². The second kappa shape index (κ2) is 7.26. The highest BCUT2D eigenvalue weighted by atomic mass is 16.5. The molecular formula is C26H29N3O2. The summed E-state index contributed by atoms with van der Waals surface area (Å²) in [6, 6.07) is 14.7. The second-order valence-electron chi connectivity index (χ2n) is 8.58. The molecule has 0 amide bonds. The molecule has 1 aromatic heterocycles. The monoisotopic (exact) mass is 415 g/mol. The molecule has 0 saturated carbocycles. The van der Waals surface area contributed by atoms with Gasteiger partial charge >= 0.3 is 0 Å². The van der Waals surface area contributed by atoms with Crippen molar-refractivity contribution in [1.29, 1.82) is 0 Å². The number of ether oxygens (including phenoxy) is 2. The van der Waals surface area contributed by atoms with Gasteiger partial charge in [0.15, 0.2) is 5.75 Å². The van der Waals surface area contributed by atoms with Gasteiger partial charge in [-0.25, -0.2) is 4.98 Å². The highest BCUT2D eigenvalue weighted by Crippen LogP contribution is 2.58. The van der Waals surface area contributed by atoms with Crippen molar-refractivity contribution in [2.75, 3.05) is 19.1 Å². The molecule has 1 atom stereocenters. The lowest BCUT2D eigenvalue weighted by Gasteiger charge is -2.48. The number of aliphatic imine (C=N–C) groups is 1. The average Bonchev–Trinajstić information content (AvgIpc) is 2.99. The van der Waals surface area contributed by atoms with Crippen LogP contribution in [0.4, 0.5) is 11.4 Å². The maximum absolute atomic E-state index is 7.08. The van der Waals surface area contributed by atoms with Gasteiger partial charge in [-0.05, 0) is 35.9 Å². The largest absolute Gasteiger partial charge is 0.481 e. The SMILES string of the molecule is CCCC1(CCC)c2ccccc2N(C)C12C=Nc1ccc3cc(OC)ncc3c1O2. The van der Waals surface area contributed by atoms with Gasteiger partial charge in [-0.1, -0.05) is 51.0 Å². The summed E-state index contributed by atoms with van der Waals surface area (Å²) in [6.07, 6.45) is 8.08. The van der Waals surface area contributed by atoms with E-state index in [0.717, 1.165) is 47.9 Å². The van der Waals surface area contributed by atoms with Crippen molar-refractivity contribution in [2.24, 2.45) is 4.99 Å². The van der Waals surface area contributed by atoms with Crippen LogP contribution in [-0.2, 0) is 5.41 Å². The van der Waals surface area contributed by atoms with Crippen molar-refractivity contribution >= 4 is 28.4 Å². The van der Waals surface area contributed by atoms with Crippen molar-refractivity contribution in [3.05, 3.63) is 54.2 Å². The summed E-state index contributed by atoms with van der Waals surface area (Å²) in [4.78, 5) is 11.7. The van der Waals surface area contributed by atoms with Crippen molar-refractivity contribution in [3.8, 4) is 11.6 Å². The Bertz CT molecular complexity index is 1170. The van der Waals surface area contributed by atoms with Crippen LogP contribution < -0.4 is 14.4 Å². The van der Waals surface area contributed by atoms with E-state index in [9.17, 15) is 0 Å². The van der Waals surface area contributed by atoms with Gasteiger partial charge in [0.2, 0.25) is 11.6 Å². The molecule has 3 heterocycles. The molecule has 2 aliphatic heterocycles. The van der Waals surface area contributed by atoms with E-state index in [4.69, 9.17) is 14.5 Å². The summed E-state index contributed by atoms with van der Waals surface area (Å²) < 4.78 is 12.4. The molecule has 5 nitrogen and oxygen atoms in total. The first-order chi connectivity index (χ1) is 15.1. The molecule has 0 saturated heterocycles. The molecule has 5 heteroatoms. The fourth-order valence-electron chi connectivity index (χ4n) is 5.67. The molecule has 31 heavy (non-hydrogen) atoms. The number of benzene rings is 2. The van der Waals surface area contributed by atoms with Gasteiger partial charge in [-0.15, -0.1) is 0 Å². The Morgan fingerprint density at radius 3 is 2.58 bits per heavy atom. The van der Waals surface area contributed by atoms with Crippen molar-refractivity contribution in [1.82, 2.24) is 4.98 Å². The summed E-state index contributed by atoms with van der Waals surface area (Å²) in [5.74, 6) is 1.39. The van der Waals surface area contributed by atoms with E-state index in [1.165, 1.54) is 11.3 Å². The molecule has 2 aromatic carbocycles. The number of hydrogen-bond acceptors (Lipinski definition) is 5. The lowest BCUT2D eigenvalue weighted by molar-refractivity contribution is 0.0524. The molecule has 1 unspecified atom stereocenters. The zero-order valence-electron chi connectivity index (χ0n) is 18.7. The molecule has 0 bridgehead atoms. The Balaban J connectivity index is 1.74. The van der Waals surface area contributed by atoms with Crippen LogP contribution in [0, 0.1) is 0 Å². The Kier molecular flexibility index (Phi) is 4.65. The van der Waals surface area contributed by atoms with E-state index in [-0.39, 0.29) is 5.41 Å². The number of anilines is 1. The van der Waals surface area contributed by atoms with E-state index in [2.05, 4.69) is 61.1 Å². The summed E-state index contributed by atoms with van der Waals surface area (Å²) in [6.45, 7) is 4.51. The van der Waals surface area contributed by atoms with Gasteiger partial charge in [0.25, 0.3) is 0 Å². The van der Waals surface area contributed by atoms with Crippen LogP contribution in [0.5, 0.6) is 11.6 Å². The molecule has 1 spiro atoms. The van der Waals surface area contributed by atoms with Crippen molar-refractivity contribution in [2.45, 2.75) is 50.7 Å². The fourth-order valence-corrected chi connectivity index (χ4v) is 5.67. The van der Waals surface area contributed by atoms with Gasteiger partial charge in [-0.2, -0.15) is 0 Å². The zero-order valence-corrected chi connectivity index (χ0v) is 18.7. The van der Waals surface area contributed by atoms with Crippen LogP contribution >= 0.6 is 0 Å². The number of pyridine rings is 1. The first-order valence-electron chi connectivity index (χ1n) is 11.1. The number of para-hydroxylation sites is 1. The summed E-state index contributed by atoms with van der Waals surface area (Å²) >= 11 is 0. The van der Waals surface area contributed by atoms with Crippen LogP contribution in [0.1, 0.15) is 45.1 Å². The van der Waals surface area contributed by atoms with Crippen LogP contribution in [0.15, 0.2) is 53.7 Å². The van der Waals surface area contributed by atoms with Gasteiger partial charge in [0.05, 0.1) is 18.7 Å². The zero-order chi connectivity index (χ0) is 21.6. The molecule has 0 fully saturated rings. The number of hydrogen-bond donors (Lipinski definition) is 0. The number of rotatable bonds is 5. The lowest BCUT2D eigenvalue weighted by atomic mass is 9.68. The fraction of sp³-hybridized carbons (Fsp3) is 0.385. The predicted molar refractivity (Wildman–Crippen MR) is 126 cm³/mol. The molecular weight excluding hydrogens is 386 g/mol. The van der Waals surface area contributed by atoms with Gasteiger partial charge in [-0.3, -0.25) is 4.99 Å². The third-order valence-corrected chi connectivity index (χ3v) is 6.97. The van der Waals surface area contributed by atoms with E-state index in [0.29, 0.717) is 5.88 Å². The lowest BCUT2D eigenvalue weighted by Crippen LogP contribution is -2.63. The Hall–Kier alpha value is -3.08. The van der Waals surface area contributed by atoms with E-state index >= 15 is 0 Å². The smallest absolute Gasteiger partial charge is 0.229 e. The first-order valence-corrected chi connectivity index (χ1v) is 11.1. The van der Waals surface area contributed by atoms with Gasteiger partial charge in [0, 0.05) is 30.4 Å². The Morgan fingerprint density at radius 2 is 1.84 bits per heavy atom. The third kappa shape index (κ3) is 2.62. The summed E-state index contributed by atoms with van der Waals surface area (Å²) in [7, 11) is 3.77. The number of likely N-dealkylation sites (N-methyl/N-ethyl adjacent to an activating group) is 1. The predicted octanol–water partition coefficient (Wildman–Crippen LogP) is 6.02. The maximum atomic E-state index is 7.08. The van der Waals surface area contributed by atoms with Crippen LogP contribution in [0.25, 0.3) is 10.8 Å². The molecule has 0 aliphatic carbocycles. The normalized spacial score (nSPS) is 20.6. The number of methoxy groups -OCH3 is 1. The highest BCUT2D eigenvalue weighted by molar-refractivity contribution is 5.97. The highest BCUT2D eigenvalue weighted by Gasteiger charge is 2.62. The molecule has 0 radical (unpaired) electrons. The Labute approximate surface area is 183 Å². The Morgan fingerprint density at radius 1 is 1.06 bits per heavy atom. The van der Waals surface area contributed by atoms with Crippen LogP contribution in [0.2, 0.25) is 0 Å². The van der Waals surface area contributed by atoms with Gasteiger partial charge < -0.3 is 14.4 Å². The third-order valence-electron chi connectivity index (χ3n) is 6.97.